The third-order valence-electron chi connectivity index (χ3n) is 3.68. The van der Waals surface area contributed by atoms with E-state index in [-0.39, 0.29) is 6.04 Å². The van der Waals surface area contributed by atoms with E-state index in [0.29, 0.717) is 23.8 Å². The molecule has 0 saturated heterocycles. The summed E-state index contributed by atoms with van der Waals surface area (Å²) in [7, 11) is 4.87. The molecule has 0 spiro atoms. The maximum Gasteiger partial charge on any atom is 0.203 e. The van der Waals surface area contributed by atoms with E-state index in [1.54, 1.807) is 21.3 Å². The Morgan fingerprint density at radius 2 is 1.55 bits per heavy atom. The van der Waals surface area contributed by atoms with Crippen molar-refractivity contribution in [3.8, 4) is 17.2 Å². The van der Waals surface area contributed by atoms with Crippen molar-refractivity contribution in [3.63, 3.8) is 0 Å². The van der Waals surface area contributed by atoms with E-state index in [2.05, 4.69) is 24.4 Å². The van der Waals surface area contributed by atoms with Crippen LogP contribution >= 0.6 is 0 Å². The van der Waals surface area contributed by atoms with Gasteiger partial charge in [-0.15, -0.1) is 0 Å². The summed E-state index contributed by atoms with van der Waals surface area (Å²) in [4.78, 5) is 0. The van der Waals surface area contributed by atoms with Gasteiger partial charge in [-0.2, -0.15) is 0 Å². The molecule has 2 aromatic carbocycles. The second-order valence-corrected chi connectivity index (χ2v) is 5.01. The monoisotopic (exact) mass is 301 g/mol. The summed E-state index contributed by atoms with van der Waals surface area (Å²) in [6, 6.07) is 14.5. The summed E-state index contributed by atoms with van der Waals surface area (Å²) in [5, 5.41) is 3.50. The maximum absolute atomic E-state index is 5.50. The number of hydrogen-bond donors (Lipinski definition) is 1. The Kier molecular flexibility index (Phi) is 5.67. The number of nitrogens with one attached hydrogen (secondary N) is 1. The average Bonchev–Trinajstić information content (AvgIpc) is 2.59. The summed E-state index contributed by atoms with van der Waals surface area (Å²) < 4.78 is 16.2. The molecule has 0 heterocycles. The summed E-state index contributed by atoms with van der Waals surface area (Å²) >= 11 is 0. The van der Waals surface area contributed by atoms with Crippen LogP contribution in [0, 0.1) is 0 Å². The second-order valence-electron chi connectivity index (χ2n) is 5.01. The average molecular weight is 301 g/mol. The minimum absolute atomic E-state index is 0.249. The summed E-state index contributed by atoms with van der Waals surface area (Å²) in [5.41, 5.74) is 2.28. The van der Waals surface area contributed by atoms with Crippen molar-refractivity contribution in [3.05, 3.63) is 53.6 Å². The first-order valence-electron chi connectivity index (χ1n) is 7.27. The molecule has 1 unspecified atom stereocenters. The van der Waals surface area contributed by atoms with E-state index in [4.69, 9.17) is 14.2 Å². The van der Waals surface area contributed by atoms with E-state index in [0.717, 1.165) is 5.56 Å². The van der Waals surface area contributed by atoms with Gasteiger partial charge in [0.25, 0.3) is 0 Å². The van der Waals surface area contributed by atoms with Gasteiger partial charge in [0.1, 0.15) is 0 Å². The molecule has 0 saturated carbocycles. The van der Waals surface area contributed by atoms with Crippen LogP contribution in [-0.4, -0.2) is 21.3 Å². The Balaban J connectivity index is 2.16. The Morgan fingerprint density at radius 1 is 0.864 bits per heavy atom. The van der Waals surface area contributed by atoms with Crippen LogP contribution in [0.25, 0.3) is 0 Å². The van der Waals surface area contributed by atoms with Crippen LogP contribution in [0.3, 0.4) is 0 Å². The van der Waals surface area contributed by atoms with Gasteiger partial charge in [0, 0.05) is 18.2 Å². The van der Waals surface area contributed by atoms with Gasteiger partial charge in [0.2, 0.25) is 5.75 Å². The highest BCUT2D eigenvalue weighted by atomic mass is 16.5. The Hall–Kier alpha value is -2.20. The van der Waals surface area contributed by atoms with Gasteiger partial charge in [-0.25, -0.2) is 0 Å². The molecule has 0 aliphatic heterocycles. The van der Waals surface area contributed by atoms with E-state index in [1.807, 2.05) is 30.3 Å². The quantitative estimate of drug-likeness (QED) is 0.849. The summed E-state index contributed by atoms with van der Waals surface area (Å²) in [6.45, 7) is 2.82. The molecule has 4 heteroatoms. The van der Waals surface area contributed by atoms with Gasteiger partial charge in [-0.05, 0) is 18.6 Å². The van der Waals surface area contributed by atoms with Gasteiger partial charge in [0.15, 0.2) is 11.5 Å². The number of hydrogen-bond acceptors (Lipinski definition) is 4. The highest BCUT2D eigenvalue weighted by Gasteiger charge is 2.16. The highest BCUT2D eigenvalue weighted by Crippen LogP contribution is 2.39. The largest absolute Gasteiger partial charge is 0.493 e. The van der Waals surface area contributed by atoms with Crippen molar-refractivity contribution in [2.24, 2.45) is 0 Å². The fraction of sp³-hybridized carbons (Fsp3) is 0.333. The predicted molar refractivity (Wildman–Crippen MR) is 87.8 cm³/mol. The van der Waals surface area contributed by atoms with Crippen molar-refractivity contribution >= 4 is 0 Å². The molecular formula is C18H23NO3. The maximum atomic E-state index is 5.50. The van der Waals surface area contributed by atoms with Crippen molar-refractivity contribution in [1.82, 2.24) is 5.32 Å². The van der Waals surface area contributed by atoms with Crippen molar-refractivity contribution < 1.29 is 14.2 Å². The molecule has 118 valence electrons. The smallest absolute Gasteiger partial charge is 0.203 e. The second kappa shape index (κ2) is 7.71. The van der Waals surface area contributed by atoms with Crippen molar-refractivity contribution in [2.75, 3.05) is 21.3 Å². The van der Waals surface area contributed by atoms with E-state index in [9.17, 15) is 0 Å². The van der Waals surface area contributed by atoms with Crippen LogP contribution in [-0.2, 0) is 6.54 Å². The van der Waals surface area contributed by atoms with Crippen LogP contribution in [0.5, 0.6) is 17.2 Å². The molecule has 0 radical (unpaired) electrons. The van der Waals surface area contributed by atoms with Crippen LogP contribution < -0.4 is 19.5 Å². The molecule has 0 fully saturated rings. The molecule has 4 nitrogen and oxygen atoms in total. The van der Waals surface area contributed by atoms with E-state index in [1.165, 1.54) is 5.56 Å². The zero-order valence-corrected chi connectivity index (χ0v) is 13.6. The number of rotatable bonds is 7. The zero-order chi connectivity index (χ0) is 15.9. The van der Waals surface area contributed by atoms with Crippen LogP contribution in [0.4, 0.5) is 0 Å². The topological polar surface area (TPSA) is 39.7 Å². The molecule has 0 amide bonds. The lowest BCUT2D eigenvalue weighted by atomic mass is 10.1. The molecule has 0 aliphatic rings. The third-order valence-corrected chi connectivity index (χ3v) is 3.68. The first-order valence-corrected chi connectivity index (χ1v) is 7.27. The van der Waals surface area contributed by atoms with Gasteiger partial charge in [0.05, 0.1) is 21.3 Å². The van der Waals surface area contributed by atoms with Gasteiger partial charge < -0.3 is 19.5 Å². The molecule has 1 N–H and O–H groups in total. The minimum Gasteiger partial charge on any atom is -0.493 e. The lowest BCUT2D eigenvalue weighted by Crippen LogP contribution is -2.18. The van der Waals surface area contributed by atoms with Crippen LogP contribution in [0.2, 0.25) is 0 Å². The number of ether oxygens (including phenoxy) is 3. The lowest BCUT2D eigenvalue weighted by molar-refractivity contribution is 0.321. The van der Waals surface area contributed by atoms with Crippen LogP contribution in [0.1, 0.15) is 24.1 Å². The molecule has 1 atom stereocenters. The number of methoxy groups -OCH3 is 3. The van der Waals surface area contributed by atoms with E-state index < -0.39 is 0 Å². The van der Waals surface area contributed by atoms with Gasteiger partial charge in [-0.1, -0.05) is 36.4 Å². The zero-order valence-electron chi connectivity index (χ0n) is 13.6. The van der Waals surface area contributed by atoms with Crippen molar-refractivity contribution in [1.29, 1.82) is 0 Å². The Labute approximate surface area is 132 Å². The first kappa shape index (κ1) is 16.2. The third kappa shape index (κ3) is 3.52. The van der Waals surface area contributed by atoms with Crippen LogP contribution in [0.15, 0.2) is 42.5 Å². The lowest BCUT2D eigenvalue weighted by Gasteiger charge is -2.18. The fourth-order valence-electron chi connectivity index (χ4n) is 2.43. The highest BCUT2D eigenvalue weighted by molar-refractivity contribution is 5.55. The summed E-state index contributed by atoms with van der Waals surface area (Å²) in [5.74, 6) is 1.99. The van der Waals surface area contributed by atoms with E-state index >= 15 is 0 Å². The Bertz CT molecular complexity index is 599. The first-order chi connectivity index (χ1) is 10.7. The molecular weight excluding hydrogens is 278 g/mol. The molecule has 2 aromatic rings. The normalized spacial score (nSPS) is 11.8. The molecule has 0 aliphatic carbocycles. The van der Waals surface area contributed by atoms with Gasteiger partial charge in [-0.3, -0.25) is 0 Å². The molecule has 22 heavy (non-hydrogen) atoms. The SMILES string of the molecule is COc1ccc(CNC(C)c2ccccc2)c(OC)c1OC. The predicted octanol–water partition coefficient (Wildman–Crippen LogP) is 3.56. The molecule has 0 bridgehead atoms. The Morgan fingerprint density at radius 3 is 2.14 bits per heavy atom. The van der Waals surface area contributed by atoms with Crippen molar-refractivity contribution in [2.45, 2.75) is 19.5 Å². The van der Waals surface area contributed by atoms with Gasteiger partial charge >= 0.3 is 0 Å². The molecule has 0 aromatic heterocycles. The fourth-order valence-corrected chi connectivity index (χ4v) is 2.43. The standard InChI is InChI=1S/C18H23NO3/c1-13(14-8-6-5-7-9-14)19-12-15-10-11-16(20-2)18(22-4)17(15)21-3/h5-11,13,19H,12H2,1-4H3. The minimum atomic E-state index is 0.249. The molecule has 2 rings (SSSR count). The summed E-state index contributed by atoms with van der Waals surface area (Å²) in [6.07, 6.45) is 0. The number of benzene rings is 2.